The van der Waals surface area contributed by atoms with E-state index in [0.29, 0.717) is 12.2 Å². The van der Waals surface area contributed by atoms with Crippen molar-refractivity contribution < 1.29 is 80.5 Å². The number of aliphatic hydroxyl groups excluding tert-OH is 2. The Bertz CT molecular complexity index is 2310. The number of unbranched alkanes of at least 4 members (excludes halogenated alkanes) is 3. The van der Waals surface area contributed by atoms with E-state index in [9.17, 15) is 57.9 Å². The number of amides is 2. The Morgan fingerprint density at radius 3 is 2.11 bits per heavy atom. The molecule has 0 aliphatic carbocycles. The smallest absolute Gasteiger partial charge is 0.386 e. The molecule has 3 unspecified atom stereocenters. The lowest BCUT2D eigenvalue weighted by Gasteiger charge is -2.30. The molecule has 2 aromatic heterocycles. The third-order valence-corrected chi connectivity index (χ3v) is 14.2. The summed E-state index contributed by atoms with van der Waals surface area (Å²) in [6, 6.07) is 0. The van der Waals surface area contributed by atoms with Gasteiger partial charge in [-0.3, -0.25) is 32.5 Å². The second-order valence-corrected chi connectivity index (χ2v) is 22.0. The maximum atomic E-state index is 12.8. The zero-order valence-electron chi connectivity index (χ0n) is 39.9. The molecule has 71 heavy (non-hydrogen) atoms. The van der Waals surface area contributed by atoms with Crippen molar-refractivity contribution in [3.05, 3.63) is 73.4 Å². The Balaban J connectivity index is 1.28. The number of aliphatic hydroxyl groups is 2. The van der Waals surface area contributed by atoms with E-state index in [0.717, 1.165) is 86.8 Å². The first-order valence-electron chi connectivity index (χ1n) is 22.9. The molecule has 0 spiro atoms. The Morgan fingerprint density at radius 2 is 1.48 bits per heavy atom. The molecule has 0 aromatic carbocycles. The average Bonchev–Trinajstić information content (AvgIpc) is 3.86. The summed E-state index contributed by atoms with van der Waals surface area (Å²) in [6.07, 6.45) is 23.6. The number of nitrogens with one attached hydrogen (secondary N) is 2. The molecule has 1 aliphatic rings. The molecule has 398 valence electrons. The Hall–Kier alpha value is -3.74. The van der Waals surface area contributed by atoms with Gasteiger partial charge < -0.3 is 50.9 Å². The molecule has 2 amide bonds. The van der Waals surface area contributed by atoms with Crippen molar-refractivity contribution >= 4 is 69.1 Å². The summed E-state index contributed by atoms with van der Waals surface area (Å²) >= 11 is 1.13. The topological polar surface area (TPSA) is 364 Å². The highest BCUT2D eigenvalue weighted by Gasteiger charge is 2.50. The fourth-order valence-corrected chi connectivity index (χ4v) is 9.99. The van der Waals surface area contributed by atoms with Crippen molar-refractivity contribution in [1.29, 1.82) is 0 Å². The number of phosphoric acid groups is 3. The fourth-order valence-electron chi connectivity index (χ4n) is 6.44. The van der Waals surface area contributed by atoms with E-state index >= 15 is 0 Å². The zero-order valence-corrected chi connectivity index (χ0v) is 43.4. The molecule has 1 fully saturated rings. The summed E-state index contributed by atoms with van der Waals surface area (Å²) < 4.78 is 62.5. The van der Waals surface area contributed by atoms with Gasteiger partial charge in [-0.1, -0.05) is 99.7 Å². The Morgan fingerprint density at radius 1 is 0.859 bits per heavy atom. The quantitative estimate of drug-likeness (QED) is 0.0242. The lowest BCUT2D eigenvalue weighted by molar-refractivity contribution is -0.137. The maximum Gasteiger partial charge on any atom is 0.481 e. The van der Waals surface area contributed by atoms with Gasteiger partial charge in [-0.25, -0.2) is 28.6 Å². The number of carbonyl (C=O) groups excluding carboxylic acids is 3. The van der Waals surface area contributed by atoms with E-state index in [-0.39, 0.29) is 41.6 Å². The van der Waals surface area contributed by atoms with Crippen molar-refractivity contribution in [2.45, 2.75) is 122 Å². The van der Waals surface area contributed by atoms with Crippen LogP contribution in [0.4, 0.5) is 5.82 Å². The minimum atomic E-state index is -5.58. The minimum Gasteiger partial charge on any atom is -0.386 e. The molecular weight excluding hydrogens is 1010 g/mol. The number of carbonyl (C=O) groups is 3. The first-order chi connectivity index (χ1) is 33.6. The molecule has 3 rings (SSSR count). The van der Waals surface area contributed by atoms with Crippen LogP contribution in [0.3, 0.4) is 0 Å². The Kier molecular flexibility index (Phi) is 27.0. The van der Waals surface area contributed by atoms with Gasteiger partial charge in [0, 0.05) is 37.1 Å². The van der Waals surface area contributed by atoms with Crippen molar-refractivity contribution in [3.63, 3.8) is 0 Å². The van der Waals surface area contributed by atoms with Crippen LogP contribution in [0.2, 0.25) is 0 Å². The number of fused-ring (bicyclic) bond motifs is 1. The van der Waals surface area contributed by atoms with Crippen LogP contribution in [0.15, 0.2) is 73.4 Å². The van der Waals surface area contributed by atoms with Crippen LogP contribution in [-0.4, -0.2) is 123 Å². The highest BCUT2D eigenvalue weighted by molar-refractivity contribution is 8.13. The predicted octanol–water partition coefficient (Wildman–Crippen LogP) is 5.37. The summed E-state index contributed by atoms with van der Waals surface area (Å²) in [4.78, 5) is 88.4. The summed E-state index contributed by atoms with van der Waals surface area (Å²) in [6.45, 7) is 2.65. The van der Waals surface area contributed by atoms with Crippen LogP contribution in [0.1, 0.15) is 97.6 Å². The van der Waals surface area contributed by atoms with Crippen molar-refractivity contribution in [2.75, 3.05) is 37.8 Å². The number of nitrogens with two attached hydrogens (primary N) is 1. The summed E-state index contributed by atoms with van der Waals surface area (Å²) in [5.41, 5.74) is 4.28. The monoisotopic (exact) mass is 1080 g/mol. The van der Waals surface area contributed by atoms with Gasteiger partial charge in [0.2, 0.25) is 11.8 Å². The van der Waals surface area contributed by atoms with Crippen LogP contribution in [0, 0.1) is 5.41 Å². The summed E-state index contributed by atoms with van der Waals surface area (Å²) in [5, 5.41) is 26.6. The summed E-state index contributed by atoms with van der Waals surface area (Å²) in [7, 11) is -16.4. The molecule has 0 saturated carbocycles. The number of phosphoric ester groups is 3. The van der Waals surface area contributed by atoms with Gasteiger partial charge in [0.1, 0.15) is 36.3 Å². The molecule has 2 aromatic rings. The van der Waals surface area contributed by atoms with Crippen LogP contribution in [-0.2, 0) is 50.7 Å². The van der Waals surface area contributed by atoms with Gasteiger partial charge in [-0.05, 0) is 51.4 Å². The van der Waals surface area contributed by atoms with Gasteiger partial charge in [0.05, 0.1) is 19.5 Å². The first kappa shape index (κ1) is 61.6. The summed E-state index contributed by atoms with van der Waals surface area (Å²) in [5.74, 6) is -1.07. The number of anilines is 1. The zero-order chi connectivity index (χ0) is 52.5. The average molecular weight is 1080 g/mol. The third kappa shape index (κ3) is 23.8. The van der Waals surface area contributed by atoms with Gasteiger partial charge in [0.25, 0.3) is 0 Å². The first-order valence-corrected chi connectivity index (χ1v) is 28.4. The maximum absolute atomic E-state index is 12.8. The molecule has 28 heteroatoms. The number of hydrogen-bond donors (Lipinski definition) is 9. The number of allylic oxidation sites excluding steroid dienone is 10. The SMILES string of the molecule is CCC=CCC=CCC=CCC=CCC=CCCCCCC(=O)SCCNC(=O)CCNC(=O)C(O)C(C)(C)COP(=O)(O)OP(=O)(O)OC[C@@H]1O[C@H](n2cnc3c(N)ncnc32)[C@H](O)[C@@H]1OP(=O)(O)O. The number of thioether (sulfide) groups is 1. The molecular formula is C43H68N7O17P3S. The molecule has 0 bridgehead atoms. The van der Waals surface area contributed by atoms with E-state index in [2.05, 4.69) is 102 Å². The number of nitrogen functional groups attached to an aromatic ring is 1. The number of ether oxygens (including phenoxy) is 1. The van der Waals surface area contributed by atoms with E-state index < -0.39 is 84.6 Å². The van der Waals surface area contributed by atoms with E-state index in [1.165, 1.54) is 13.8 Å². The molecule has 0 radical (unpaired) electrons. The molecule has 24 nitrogen and oxygen atoms in total. The molecule has 1 saturated heterocycles. The molecule has 7 atom stereocenters. The third-order valence-electron chi connectivity index (χ3n) is 10.2. The molecule has 1 aliphatic heterocycles. The molecule has 3 heterocycles. The highest BCUT2D eigenvalue weighted by atomic mass is 32.2. The second kappa shape index (κ2) is 31.1. The van der Waals surface area contributed by atoms with Gasteiger partial charge in [-0.2, -0.15) is 4.31 Å². The number of rotatable bonds is 34. The van der Waals surface area contributed by atoms with Crippen LogP contribution < -0.4 is 16.4 Å². The number of hydrogen-bond acceptors (Lipinski definition) is 18. The van der Waals surface area contributed by atoms with Crippen molar-refractivity contribution in [3.8, 4) is 0 Å². The number of aromatic nitrogens is 4. The Labute approximate surface area is 417 Å². The van der Waals surface area contributed by atoms with E-state index in [1.54, 1.807) is 0 Å². The van der Waals surface area contributed by atoms with Crippen LogP contribution in [0.25, 0.3) is 11.2 Å². The number of nitrogens with zero attached hydrogens (tertiary/aromatic N) is 4. The minimum absolute atomic E-state index is 0.0305. The highest BCUT2D eigenvalue weighted by Crippen LogP contribution is 2.61. The van der Waals surface area contributed by atoms with Gasteiger partial charge >= 0.3 is 23.5 Å². The van der Waals surface area contributed by atoms with Gasteiger partial charge in [0.15, 0.2) is 22.8 Å². The largest absolute Gasteiger partial charge is 0.481 e. The van der Waals surface area contributed by atoms with Crippen LogP contribution in [0.5, 0.6) is 0 Å². The van der Waals surface area contributed by atoms with Crippen molar-refractivity contribution in [1.82, 2.24) is 30.2 Å². The lowest BCUT2D eigenvalue weighted by atomic mass is 9.87. The predicted molar refractivity (Wildman–Crippen MR) is 265 cm³/mol. The van der Waals surface area contributed by atoms with E-state index in [1.807, 2.05) is 0 Å². The van der Waals surface area contributed by atoms with Crippen molar-refractivity contribution in [2.24, 2.45) is 5.41 Å². The number of imidazole rings is 1. The molecule has 10 N–H and O–H groups in total. The van der Waals surface area contributed by atoms with E-state index in [4.69, 9.17) is 19.5 Å². The fraction of sp³-hybridized carbons (Fsp3) is 0.581. The standard InChI is InChI=1S/C43H68N7O17P3S/c1-4-5-6-7-8-9-10-11-12-13-14-15-16-17-18-19-20-21-22-23-34(52)71-27-26-45-33(51)24-25-46-41(55)38(54)43(2,3)29-64-70(61,62)67-69(59,60)63-28-32-37(66-68(56,57)58)36(53)42(65-32)50-31-49-35-39(44)47-30-48-40(35)50/h5-6,8-9,11-12,14-15,17-18,30-32,36-38,42,53-54H,4,7,10,13,16,19-29H2,1-3H3,(H,45,51)(H,46,55)(H,59,60)(H,61,62)(H2,44,47,48)(H2,56,57,58)/t32-,36+,37+,38?,42-/m0/s1. The lowest BCUT2D eigenvalue weighted by Crippen LogP contribution is -2.46. The van der Waals surface area contributed by atoms with Crippen LogP contribution >= 0.6 is 35.2 Å². The normalized spacial score (nSPS) is 20.2. The second-order valence-electron chi connectivity index (χ2n) is 16.6. The van der Waals surface area contributed by atoms with Gasteiger partial charge in [-0.15, -0.1) is 0 Å².